The van der Waals surface area contributed by atoms with Gasteiger partial charge in [0.15, 0.2) is 0 Å². The number of nitrogens with two attached hydrogens (primary N) is 1. The van der Waals surface area contributed by atoms with Gasteiger partial charge in [-0.2, -0.15) is 0 Å². The van der Waals surface area contributed by atoms with Crippen molar-refractivity contribution in [1.82, 2.24) is 9.97 Å². The van der Waals surface area contributed by atoms with Crippen LogP contribution in [0.1, 0.15) is 25.3 Å². The van der Waals surface area contributed by atoms with Crippen LogP contribution in [-0.2, 0) is 6.42 Å². The fourth-order valence-corrected chi connectivity index (χ4v) is 1.67. The van der Waals surface area contributed by atoms with Gasteiger partial charge >= 0.3 is 0 Å². The number of aryl methyl sites for hydroxylation is 1. The number of nitrogens with zero attached hydrogens (tertiary/aromatic N) is 2. The molecule has 0 atom stereocenters. The largest absolute Gasteiger partial charge is 0.396 e. The first-order chi connectivity index (χ1) is 8.78. The Morgan fingerprint density at radius 2 is 1.78 bits per heavy atom. The zero-order chi connectivity index (χ0) is 12.8. The van der Waals surface area contributed by atoms with Crippen LogP contribution in [-0.4, -0.2) is 9.97 Å². The van der Waals surface area contributed by atoms with Crippen molar-refractivity contribution in [3.63, 3.8) is 0 Å². The first-order valence-electron chi connectivity index (χ1n) is 6.21. The zero-order valence-corrected chi connectivity index (χ0v) is 10.6. The monoisotopic (exact) mass is 242 g/mol. The van der Waals surface area contributed by atoms with Crippen LogP contribution in [0.5, 0.6) is 0 Å². The topological polar surface area (TPSA) is 63.8 Å². The van der Waals surface area contributed by atoms with Crippen molar-refractivity contribution in [3.8, 4) is 0 Å². The van der Waals surface area contributed by atoms with Crippen molar-refractivity contribution in [2.45, 2.75) is 26.2 Å². The van der Waals surface area contributed by atoms with E-state index in [0.717, 1.165) is 12.1 Å². The highest BCUT2D eigenvalue weighted by Crippen LogP contribution is 2.15. The van der Waals surface area contributed by atoms with E-state index < -0.39 is 0 Å². The lowest BCUT2D eigenvalue weighted by Gasteiger charge is -2.06. The second-order valence-corrected chi connectivity index (χ2v) is 4.27. The normalized spacial score (nSPS) is 10.3. The molecule has 0 radical (unpaired) electrons. The molecular formula is C14H18N4. The number of nitrogens with one attached hydrogen (secondary N) is 1. The summed E-state index contributed by atoms with van der Waals surface area (Å²) in [4.78, 5) is 8.20. The molecule has 0 aliphatic heterocycles. The lowest BCUT2D eigenvalue weighted by molar-refractivity contribution is 0.795. The smallest absolute Gasteiger partial charge is 0.227 e. The predicted molar refractivity (Wildman–Crippen MR) is 74.8 cm³/mol. The zero-order valence-electron chi connectivity index (χ0n) is 10.6. The minimum absolute atomic E-state index is 0.561. The molecule has 0 bridgehead atoms. The molecule has 0 aliphatic carbocycles. The van der Waals surface area contributed by atoms with Crippen LogP contribution in [0, 0.1) is 0 Å². The van der Waals surface area contributed by atoms with E-state index in [4.69, 9.17) is 5.73 Å². The van der Waals surface area contributed by atoms with Crippen LogP contribution in [0.25, 0.3) is 0 Å². The average molecular weight is 242 g/mol. The maximum absolute atomic E-state index is 5.53. The third kappa shape index (κ3) is 3.45. The molecule has 2 aromatic rings. The lowest BCUT2D eigenvalue weighted by atomic mass is 10.1. The Morgan fingerprint density at radius 3 is 2.39 bits per heavy atom. The van der Waals surface area contributed by atoms with Gasteiger partial charge in [0.05, 0.1) is 18.1 Å². The molecule has 0 unspecified atom stereocenters. The third-order valence-corrected chi connectivity index (χ3v) is 2.70. The number of nitrogen functional groups attached to an aromatic ring is 1. The van der Waals surface area contributed by atoms with Gasteiger partial charge in [-0.25, -0.2) is 9.97 Å². The lowest BCUT2D eigenvalue weighted by Crippen LogP contribution is -1.98. The minimum Gasteiger partial charge on any atom is -0.396 e. The van der Waals surface area contributed by atoms with Crippen molar-refractivity contribution in [2.75, 3.05) is 11.1 Å². The number of hydrogen-bond donors (Lipinski definition) is 2. The highest BCUT2D eigenvalue weighted by atomic mass is 15.1. The van der Waals surface area contributed by atoms with Gasteiger partial charge in [0, 0.05) is 5.69 Å². The first kappa shape index (κ1) is 12.4. The number of anilines is 3. The van der Waals surface area contributed by atoms with Gasteiger partial charge in [0.1, 0.15) is 0 Å². The molecule has 18 heavy (non-hydrogen) atoms. The number of aromatic nitrogens is 2. The summed E-state index contributed by atoms with van der Waals surface area (Å²) in [6.07, 6.45) is 6.76. The van der Waals surface area contributed by atoms with Crippen molar-refractivity contribution < 1.29 is 0 Å². The van der Waals surface area contributed by atoms with Crippen LogP contribution in [0.2, 0.25) is 0 Å². The molecule has 1 heterocycles. The quantitative estimate of drug-likeness (QED) is 0.845. The Morgan fingerprint density at radius 1 is 1.11 bits per heavy atom. The van der Waals surface area contributed by atoms with Gasteiger partial charge in [-0.3, -0.25) is 0 Å². The van der Waals surface area contributed by atoms with E-state index >= 15 is 0 Å². The fraction of sp³-hybridized carbons (Fsp3) is 0.286. The number of benzene rings is 1. The van der Waals surface area contributed by atoms with E-state index in [9.17, 15) is 0 Å². The highest BCUT2D eigenvalue weighted by molar-refractivity contribution is 5.54. The fourth-order valence-electron chi connectivity index (χ4n) is 1.67. The van der Waals surface area contributed by atoms with Crippen LogP contribution in [0.4, 0.5) is 17.3 Å². The summed E-state index contributed by atoms with van der Waals surface area (Å²) in [5, 5.41) is 3.14. The third-order valence-electron chi connectivity index (χ3n) is 2.70. The summed E-state index contributed by atoms with van der Waals surface area (Å²) in [7, 11) is 0. The molecule has 0 spiro atoms. The van der Waals surface area contributed by atoms with Crippen molar-refractivity contribution in [3.05, 3.63) is 42.2 Å². The average Bonchev–Trinajstić information content (AvgIpc) is 2.41. The molecule has 3 N–H and O–H groups in total. The minimum atomic E-state index is 0.561. The summed E-state index contributed by atoms with van der Waals surface area (Å²) in [5.74, 6) is 0.561. The van der Waals surface area contributed by atoms with E-state index in [1.807, 2.05) is 12.1 Å². The van der Waals surface area contributed by atoms with Gasteiger partial charge in [-0.1, -0.05) is 25.5 Å². The number of hydrogen-bond acceptors (Lipinski definition) is 4. The van der Waals surface area contributed by atoms with Crippen LogP contribution >= 0.6 is 0 Å². The molecule has 0 saturated heterocycles. The molecule has 0 fully saturated rings. The second-order valence-electron chi connectivity index (χ2n) is 4.27. The molecule has 94 valence electrons. The molecule has 0 amide bonds. The summed E-state index contributed by atoms with van der Waals surface area (Å²) >= 11 is 0. The molecule has 4 heteroatoms. The van der Waals surface area contributed by atoms with Gasteiger partial charge in [-0.15, -0.1) is 0 Å². The predicted octanol–water partition coefficient (Wildman–Crippen LogP) is 3.15. The van der Waals surface area contributed by atoms with Crippen LogP contribution in [0.3, 0.4) is 0 Å². The van der Waals surface area contributed by atoms with Crippen LogP contribution < -0.4 is 11.1 Å². The van der Waals surface area contributed by atoms with Gasteiger partial charge in [0.2, 0.25) is 5.95 Å². The van der Waals surface area contributed by atoms with E-state index in [2.05, 4.69) is 34.3 Å². The van der Waals surface area contributed by atoms with E-state index in [1.165, 1.54) is 18.4 Å². The molecule has 0 aliphatic rings. The van der Waals surface area contributed by atoms with Crippen molar-refractivity contribution >= 4 is 17.3 Å². The first-order valence-corrected chi connectivity index (χ1v) is 6.21. The van der Waals surface area contributed by atoms with Crippen LogP contribution in [0.15, 0.2) is 36.7 Å². The Bertz CT molecular complexity index is 476. The van der Waals surface area contributed by atoms with Gasteiger partial charge < -0.3 is 11.1 Å². The van der Waals surface area contributed by atoms with E-state index in [-0.39, 0.29) is 0 Å². The summed E-state index contributed by atoms with van der Waals surface area (Å²) in [6, 6.07) is 8.36. The van der Waals surface area contributed by atoms with E-state index in [0.29, 0.717) is 11.6 Å². The van der Waals surface area contributed by atoms with E-state index in [1.54, 1.807) is 12.4 Å². The summed E-state index contributed by atoms with van der Waals surface area (Å²) < 4.78 is 0. The van der Waals surface area contributed by atoms with Gasteiger partial charge in [0.25, 0.3) is 0 Å². The molecular weight excluding hydrogens is 224 g/mol. The number of unbranched alkanes of at least 4 members (excludes halogenated alkanes) is 1. The second kappa shape index (κ2) is 6.00. The van der Waals surface area contributed by atoms with Crippen molar-refractivity contribution in [1.29, 1.82) is 0 Å². The van der Waals surface area contributed by atoms with Gasteiger partial charge in [-0.05, 0) is 30.5 Å². The molecule has 0 saturated carbocycles. The maximum atomic E-state index is 5.53. The molecule has 1 aromatic carbocycles. The SMILES string of the molecule is CCCCc1ccc(Nc2ncc(N)cn2)cc1. The Kier molecular flexibility index (Phi) is 4.12. The van der Waals surface area contributed by atoms with Crippen molar-refractivity contribution in [2.24, 2.45) is 0 Å². The maximum Gasteiger partial charge on any atom is 0.227 e. The molecule has 4 nitrogen and oxygen atoms in total. The Labute approximate surface area is 107 Å². The molecule has 1 aromatic heterocycles. The number of rotatable bonds is 5. The Balaban J connectivity index is 1.99. The molecule has 2 rings (SSSR count). The summed E-state index contributed by atoms with van der Waals surface area (Å²) in [5.41, 5.74) is 8.45. The highest BCUT2D eigenvalue weighted by Gasteiger charge is 1.98. The standard InChI is InChI=1S/C14H18N4/c1-2-3-4-11-5-7-13(8-6-11)18-14-16-9-12(15)10-17-14/h5-10H,2-4,15H2,1H3,(H,16,17,18). The summed E-state index contributed by atoms with van der Waals surface area (Å²) in [6.45, 7) is 2.20. The Hall–Kier alpha value is -2.10.